The van der Waals surface area contributed by atoms with Crippen molar-refractivity contribution < 1.29 is 35.1 Å². The van der Waals surface area contributed by atoms with E-state index in [4.69, 9.17) is 0 Å². The Kier molecular flexibility index (Phi) is 7.91. The zero-order valence-corrected chi connectivity index (χ0v) is 20.1. The van der Waals surface area contributed by atoms with Crippen molar-refractivity contribution in [3.8, 4) is 16.9 Å². The highest BCUT2D eigenvalue weighted by atomic mass is 35.5. The van der Waals surface area contributed by atoms with Crippen LogP contribution in [0.5, 0.6) is 5.75 Å². The van der Waals surface area contributed by atoms with E-state index < -0.39 is 28.5 Å². The second-order valence-electron chi connectivity index (χ2n) is 7.47. The molecule has 2 heterocycles. The summed E-state index contributed by atoms with van der Waals surface area (Å²) in [5.74, 6) is -0.348. The molecular weight excluding hydrogens is 529 g/mol. The van der Waals surface area contributed by atoms with Crippen LogP contribution in [-0.4, -0.2) is 31.0 Å². The first-order chi connectivity index (χ1) is 16.5. The van der Waals surface area contributed by atoms with Gasteiger partial charge in [-0.15, -0.1) is 12.4 Å². The summed E-state index contributed by atoms with van der Waals surface area (Å²) in [6, 6.07) is 11.5. The second kappa shape index (κ2) is 10.4. The van der Waals surface area contributed by atoms with Gasteiger partial charge in [0.15, 0.2) is 5.69 Å². The van der Waals surface area contributed by atoms with Gasteiger partial charge in [-0.1, -0.05) is 24.3 Å². The summed E-state index contributed by atoms with van der Waals surface area (Å²) >= 11 is 0. The molecule has 0 aliphatic heterocycles. The largest absolute Gasteiger partial charge is 0.435 e. The summed E-state index contributed by atoms with van der Waals surface area (Å²) in [6.07, 6.45) is -2.35. The van der Waals surface area contributed by atoms with Crippen LogP contribution in [0, 0.1) is 0 Å². The Morgan fingerprint density at radius 1 is 1.08 bits per heavy atom. The lowest BCUT2D eigenvalue weighted by Gasteiger charge is -2.13. The Morgan fingerprint density at radius 3 is 2.50 bits per heavy atom. The molecule has 0 aliphatic rings. The van der Waals surface area contributed by atoms with Crippen LogP contribution in [0.25, 0.3) is 22.0 Å². The minimum atomic E-state index is -4.72. The van der Waals surface area contributed by atoms with Crippen molar-refractivity contribution in [3.05, 3.63) is 78.2 Å². The maximum atomic E-state index is 13.5. The number of pyridine rings is 1. The van der Waals surface area contributed by atoms with E-state index in [0.717, 1.165) is 16.2 Å². The number of nitrogens with one attached hydrogen (secondary N) is 1. The first kappa shape index (κ1) is 27.4. The summed E-state index contributed by atoms with van der Waals surface area (Å²) in [5, 5.41) is 3.41. The van der Waals surface area contributed by atoms with Crippen LogP contribution in [0.3, 0.4) is 0 Å². The number of ether oxygens (including phenoxy) is 1. The third-order valence-electron chi connectivity index (χ3n) is 5.20. The summed E-state index contributed by atoms with van der Waals surface area (Å²) < 4.78 is 98.0. The molecule has 2 aromatic carbocycles. The topological polar surface area (TPSA) is 73.2 Å². The van der Waals surface area contributed by atoms with Crippen molar-refractivity contribution in [3.63, 3.8) is 0 Å². The molecule has 0 spiro atoms. The van der Waals surface area contributed by atoms with Gasteiger partial charge in [-0.2, -0.15) is 22.0 Å². The van der Waals surface area contributed by atoms with Gasteiger partial charge in [-0.05, 0) is 42.4 Å². The van der Waals surface area contributed by atoms with Crippen LogP contribution in [0.4, 0.5) is 22.0 Å². The number of alkyl halides is 5. The minimum Gasteiger partial charge on any atom is -0.435 e. The molecule has 0 fully saturated rings. The molecule has 2 aromatic heterocycles. The first-order valence-electron chi connectivity index (χ1n) is 10.1. The van der Waals surface area contributed by atoms with Gasteiger partial charge < -0.3 is 10.1 Å². The predicted octanol–water partition coefficient (Wildman–Crippen LogP) is 5.70. The molecule has 13 heteroatoms. The molecule has 0 saturated heterocycles. The first-order valence-corrected chi connectivity index (χ1v) is 11.6. The maximum absolute atomic E-state index is 13.5. The average Bonchev–Trinajstić information content (AvgIpc) is 3.17. The van der Waals surface area contributed by atoms with E-state index in [2.05, 4.69) is 15.0 Å². The number of fused-ring (bicyclic) bond motifs is 1. The Labute approximate surface area is 209 Å². The van der Waals surface area contributed by atoms with E-state index in [0.29, 0.717) is 10.9 Å². The van der Waals surface area contributed by atoms with E-state index >= 15 is 0 Å². The Balaban J connectivity index is 0.00000361. The lowest BCUT2D eigenvalue weighted by molar-refractivity contribution is -0.140. The Bertz CT molecular complexity index is 1490. The Morgan fingerprint density at radius 2 is 1.83 bits per heavy atom. The molecule has 4 rings (SSSR count). The van der Waals surface area contributed by atoms with Crippen molar-refractivity contribution in [1.29, 1.82) is 0 Å². The summed E-state index contributed by atoms with van der Waals surface area (Å²) in [4.78, 5) is 3.13. The molecular formula is C23H19ClF5N3O3S. The molecule has 192 valence electrons. The lowest BCUT2D eigenvalue weighted by Crippen LogP contribution is -2.13. The molecule has 0 amide bonds. The van der Waals surface area contributed by atoms with Crippen LogP contribution in [0.2, 0.25) is 0 Å². The zero-order valence-electron chi connectivity index (χ0n) is 18.5. The van der Waals surface area contributed by atoms with Crippen LogP contribution >= 0.6 is 12.4 Å². The summed E-state index contributed by atoms with van der Waals surface area (Å²) in [7, 11) is -2.68. The van der Waals surface area contributed by atoms with Crippen molar-refractivity contribution in [2.45, 2.75) is 24.2 Å². The molecule has 6 nitrogen and oxygen atoms in total. The predicted molar refractivity (Wildman–Crippen MR) is 126 cm³/mol. The number of nitrogens with zero attached hydrogens (tertiary/aromatic N) is 2. The quantitative estimate of drug-likeness (QED) is 0.300. The van der Waals surface area contributed by atoms with Crippen molar-refractivity contribution in [2.75, 3.05) is 7.05 Å². The van der Waals surface area contributed by atoms with Gasteiger partial charge in [0.1, 0.15) is 5.75 Å². The van der Waals surface area contributed by atoms with E-state index in [1.54, 1.807) is 7.05 Å². The SMILES string of the molecule is CNCc1cn(S(=O)(=O)c2cccc(OC(F)F)c2)c2cc(-c3cccnc3C(F)(F)F)ccc12.Cl. The van der Waals surface area contributed by atoms with Crippen LogP contribution < -0.4 is 10.1 Å². The monoisotopic (exact) mass is 547 g/mol. The third kappa shape index (κ3) is 5.30. The molecule has 0 aliphatic carbocycles. The number of hydrogen-bond acceptors (Lipinski definition) is 5. The number of aromatic nitrogens is 2. The lowest BCUT2D eigenvalue weighted by atomic mass is 10.0. The molecule has 0 saturated carbocycles. The van der Waals surface area contributed by atoms with Gasteiger partial charge in [0.25, 0.3) is 10.0 Å². The highest BCUT2D eigenvalue weighted by molar-refractivity contribution is 7.90. The van der Waals surface area contributed by atoms with Crippen molar-refractivity contribution >= 4 is 33.3 Å². The van der Waals surface area contributed by atoms with Gasteiger partial charge in [0.05, 0.1) is 10.4 Å². The fourth-order valence-corrected chi connectivity index (χ4v) is 5.17. The molecule has 0 atom stereocenters. The highest BCUT2D eigenvalue weighted by Crippen LogP contribution is 2.37. The molecule has 1 N–H and O–H groups in total. The normalized spacial score (nSPS) is 12.1. The van der Waals surface area contributed by atoms with E-state index in [-0.39, 0.29) is 46.2 Å². The zero-order chi connectivity index (χ0) is 25.4. The van der Waals surface area contributed by atoms with Crippen molar-refractivity contribution in [1.82, 2.24) is 14.3 Å². The number of hydrogen-bond donors (Lipinski definition) is 1. The molecule has 0 bridgehead atoms. The average molecular weight is 548 g/mol. The fourth-order valence-electron chi connectivity index (χ4n) is 3.75. The highest BCUT2D eigenvalue weighted by Gasteiger charge is 2.35. The minimum absolute atomic E-state index is 0. The third-order valence-corrected chi connectivity index (χ3v) is 6.87. The fraction of sp³-hybridized carbons (Fsp3) is 0.174. The molecule has 4 aromatic rings. The number of halogens is 6. The smallest absolute Gasteiger partial charge is 0.433 e. The summed E-state index contributed by atoms with van der Waals surface area (Å²) in [5.41, 5.74) is -0.523. The molecule has 0 unspecified atom stereocenters. The molecule has 0 radical (unpaired) electrons. The van der Waals surface area contributed by atoms with Crippen LogP contribution in [0.1, 0.15) is 11.3 Å². The van der Waals surface area contributed by atoms with Gasteiger partial charge in [0.2, 0.25) is 0 Å². The summed E-state index contributed by atoms with van der Waals surface area (Å²) in [6.45, 7) is -2.87. The maximum Gasteiger partial charge on any atom is 0.433 e. The van der Waals surface area contributed by atoms with Crippen LogP contribution in [0.15, 0.2) is 71.9 Å². The van der Waals surface area contributed by atoms with Gasteiger partial charge in [-0.3, -0.25) is 4.98 Å². The van der Waals surface area contributed by atoms with E-state index in [1.165, 1.54) is 54.7 Å². The van der Waals surface area contributed by atoms with Gasteiger partial charge in [-0.25, -0.2) is 12.4 Å². The van der Waals surface area contributed by atoms with Crippen molar-refractivity contribution in [2.24, 2.45) is 0 Å². The number of rotatable bonds is 7. The Hall–Kier alpha value is -3.22. The molecule has 36 heavy (non-hydrogen) atoms. The van der Waals surface area contributed by atoms with E-state index in [9.17, 15) is 30.4 Å². The van der Waals surface area contributed by atoms with Gasteiger partial charge >= 0.3 is 12.8 Å². The number of benzene rings is 2. The van der Waals surface area contributed by atoms with Crippen LogP contribution in [-0.2, 0) is 22.7 Å². The second-order valence-corrected chi connectivity index (χ2v) is 9.28. The standard InChI is InChI=1S/C23H18F5N3O3S.ClH/c1-29-12-15-13-31(35(32,33)17-5-2-4-16(11-17)34-22(24)25)20-10-14(7-8-18(15)20)19-6-3-9-30-21(19)23(26,27)28;/h2-11,13,22,29H,12H2,1H3;1H. The van der Waals surface area contributed by atoms with E-state index in [1.807, 2.05) is 0 Å². The van der Waals surface area contributed by atoms with Gasteiger partial charge in [0, 0.05) is 36.0 Å².